The molecule has 20 heavy (non-hydrogen) atoms. The quantitative estimate of drug-likeness (QED) is 0.830. The number of nitrogens with zero attached hydrogens (tertiary/aromatic N) is 2. The van der Waals surface area contributed by atoms with E-state index in [1.807, 2.05) is 0 Å². The molecule has 1 aliphatic rings. The third-order valence-electron chi connectivity index (χ3n) is 4.11. The summed E-state index contributed by atoms with van der Waals surface area (Å²) in [6.45, 7) is 7.46. The van der Waals surface area contributed by atoms with Gasteiger partial charge < -0.3 is 15.4 Å². The molecule has 0 spiro atoms. The fraction of sp³-hybridized carbons (Fsp3) is 0.714. The normalized spacial score (nSPS) is 24.1. The average Bonchev–Trinajstić information content (AvgIpc) is 2.43. The third-order valence-corrected chi connectivity index (χ3v) is 4.86. The van der Waals surface area contributed by atoms with Crippen molar-refractivity contribution in [3.63, 3.8) is 0 Å². The van der Waals surface area contributed by atoms with Gasteiger partial charge in [-0.3, -0.25) is 0 Å². The van der Waals surface area contributed by atoms with E-state index in [4.69, 9.17) is 4.74 Å². The molecular formula is C14H23BrN4O. The lowest BCUT2D eigenvalue weighted by Gasteiger charge is -2.51. The number of ether oxygens (including phenoxy) is 1. The van der Waals surface area contributed by atoms with Crippen LogP contribution in [0.1, 0.15) is 33.6 Å². The summed E-state index contributed by atoms with van der Waals surface area (Å²) in [7, 11) is 1.77. The zero-order valence-electron chi connectivity index (χ0n) is 12.5. The van der Waals surface area contributed by atoms with Crippen LogP contribution in [-0.2, 0) is 4.74 Å². The molecule has 112 valence electrons. The molecule has 2 N–H and O–H groups in total. The molecule has 1 fully saturated rings. The molecule has 6 heteroatoms. The van der Waals surface area contributed by atoms with E-state index >= 15 is 0 Å². The molecule has 0 saturated heterocycles. The molecule has 2 atom stereocenters. The molecule has 0 radical (unpaired) electrons. The number of anilines is 2. The highest BCUT2D eigenvalue weighted by atomic mass is 79.9. The lowest BCUT2D eigenvalue weighted by molar-refractivity contribution is -0.0795. The van der Waals surface area contributed by atoms with E-state index in [2.05, 4.69) is 57.3 Å². The van der Waals surface area contributed by atoms with Crippen molar-refractivity contribution in [3.05, 3.63) is 10.8 Å². The Morgan fingerprint density at radius 3 is 2.70 bits per heavy atom. The predicted molar refractivity (Wildman–Crippen MR) is 85.1 cm³/mol. The zero-order chi connectivity index (χ0) is 14.8. The number of hydrogen-bond acceptors (Lipinski definition) is 5. The van der Waals surface area contributed by atoms with Gasteiger partial charge in [-0.1, -0.05) is 20.8 Å². The second kappa shape index (κ2) is 6.26. The summed E-state index contributed by atoms with van der Waals surface area (Å²) >= 11 is 3.58. The molecule has 1 aliphatic carbocycles. The molecular weight excluding hydrogens is 320 g/mol. The maximum Gasteiger partial charge on any atom is 0.146 e. The van der Waals surface area contributed by atoms with Gasteiger partial charge in [0.1, 0.15) is 22.4 Å². The van der Waals surface area contributed by atoms with Crippen molar-refractivity contribution in [2.24, 2.45) is 5.41 Å². The van der Waals surface area contributed by atoms with Gasteiger partial charge in [-0.2, -0.15) is 0 Å². The fourth-order valence-electron chi connectivity index (χ4n) is 2.53. The summed E-state index contributed by atoms with van der Waals surface area (Å²) in [5.41, 5.74) is 0.107. The first-order valence-corrected chi connectivity index (χ1v) is 7.83. The Kier molecular flexibility index (Phi) is 4.86. The Balaban J connectivity index is 2.07. The van der Waals surface area contributed by atoms with Gasteiger partial charge in [-0.05, 0) is 28.8 Å². The summed E-state index contributed by atoms with van der Waals surface area (Å²) in [5.74, 6) is 1.68. The molecule has 1 saturated carbocycles. The van der Waals surface area contributed by atoms with Gasteiger partial charge in [0.05, 0.1) is 6.10 Å². The highest BCUT2D eigenvalue weighted by Gasteiger charge is 2.48. The van der Waals surface area contributed by atoms with Crippen LogP contribution in [0.2, 0.25) is 0 Å². The number of nitrogens with one attached hydrogen (secondary N) is 2. The second-order valence-electron chi connectivity index (χ2n) is 5.79. The summed E-state index contributed by atoms with van der Waals surface area (Å²) < 4.78 is 6.37. The second-order valence-corrected chi connectivity index (χ2v) is 6.58. The van der Waals surface area contributed by atoms with Gasteiger partial charge in [0, 0.05) is 25.1 Å². The fourth-order valence-corrected chi connectivity index (χ4v) is 2.99. The lowest BCUT2D eigenvalue weighted by Crippen LogP contribution is -2.57. The molecule has 1 aromatic rings. The molecule has 1 aromatic heterocycles. The largest absolute Gasteiger partial charge is 0.381 e. The molecule has 2 rings (SSSR count). The first-order chi connectivity index (χ1) is 9.50. The Morgan fingerprint density at radius 1 is 1.40 bits per heavy atom. The molecule has 0 aromatic carbocycles. The summed E-state index contributed by atoms with van der Waals surface area (Å²) in [4.78, 5) is 8.60. The summed E-state index contributed by atoms with van der Waals surface area (Å²) in [6, 6.07) is 0.359. The van der Waals surface area contributed by atoms with Crippen molar-refractivity contribution in [3.8, 4) is 0 Å². The Bertz CT molecular complexity index is 466. The highest BCUT2D eigenvalue weighted by Crippen LogP contribution is 2.44. The summed E-state index contributed by atoms with van der Waals surface area (Å²) in [6.07, 6.45) is 3.95. The highest BCUT2D eigenvalue weighted by molar-refractivity contribution is 9.10. The van der Waals surface area contributed by atoms with E-state index in [1.165, 1.54) is 0 Å². The van der Waals surface area contributed by atoms with Crippen molar-refractivity contribution < 1.29 is 4.74 Å². The van der Waals surface area contributed by atoms with Crippen molar-refractivity contribution in [2.75, 3.05) is 24.3 Å². The Labute approximate surface area is 129 Å². The first kappa shape index (κ1) is 15.5. The molecule has 0 bridgehead atoms. The van der Waals surface area contributed by atoms with Crippen LogP contribution in [0.3, 0.4) is 0 Å². The minimum absolute atomic E-state index is 0.107. The number of aromatic nitrogens is 2. The molecule has 1 heterocycles. The molecule has 0 aliphatic heterocycles. The number of methoxy groups -OCH3 is 1. The van der Waals surface area contributed by atoms with Crippen molar-refractivity contribution in [1.29, 1.82) is 0 Å². The van der Waals surface area contributed by atoms with Gasteiger partial charge in [-0.15, -0.1) is 0 Å². The molecule has 5 nitrogen and oxygen atoms in total. The van der Waals surface area contributed by atoms with Gasteiger partial charge in [0.2, 0.25) is 0 Å². The number of halogens is 1. The minimum atomic E-state index is 0.107. The van der Waals surface area contributed by atoms with Crippen molar-refractivity contribution >= 4 is 27.6 Å². The van der Waals surface area contributed by atoms with Gasteiger partial charge in [0.25, 0.3) is 0 Å². The van der Waals surface area contributed by atoms with Crippen molar-refractivity contribution in [2.45, 2.75) is 45.8 Å². The maximum atomic E-state index is 5.48. The topological polar surface area (TPSA) is 59.1 Å². The van der Waals surface area contributed by atoms with Crippen LogP contribution < -0.4 is 10.6 Å². The van der Waals surface area contributed by atoms with E-state index in [9.17, 15) is 0 Å². The van der Waals surface area contributed by atoms with Crippen LogP contribution in [0.5, 0.6) is 0 Å². The number of rotatable bonds is 6. The van der Waals surface area contributed by atoms with E-state index in [0.717, 1.165) is 35.5 Å². The van der Waals surface area contributed by atoms with E-state index in [1.54, 1.807) is 13.4 Å². The van der Waals surface area contributed by atoms with E-state index in [0.29, 0.717) is 12.1 Å². The smallest absolute Gasteiger partial charge is 0.146 e. The van der Waals surface area contributed by atoms with E-state index in [-0.39, 0.29) is 5.41 Å². The first-order valence-electron chi connectivity index (χ1n) is 7.04. The van der Waals surface area contributed by atoms with Crippen molar-refractivity contribution in [1.82, 2.24) is 9.97 Å². The standard InChI is InChI=1S/C14H23BrN4O/c1-5-6-16-12-11(15)13(18-8-17-12)19-9-7-10(20-4)14(9,2)3/h8-10H,5-7H2,1-4H3,(H2,16,17,18,19). The van der Waals surface area contributed by atoms with E-state index < -0.39 is 0 Å². The van der Waals surface area contributed by atoms with Gasteiger partial charge in [0.15, 0.2) is 0 Å². The van der Waals surface area contributed by atoms with Crippen LogP contribution in [-0.4, -0.2) is 35.8 Å². The van der Waals surface area contributed by atoms with Crippen LogP contribution in [0.4, 0.5) is 11.6 Å². The Hall–Kier alpha value is -0.880. The zero-order valence-corrected chi connectivity index (χ0v) is 14.1. The van der Waals surface area contributed by atoms with Gasteiger partial charge >= 0.3 is 0 Å². The van der Waals surface area contributed by atoms with Gasteiger partial charge in [-0.25, -0.2) is 9.97 Å². The summed E-state index contributed by atoms with van der Waals surface area (Å²) in [5, 5.41) is 6.79. The average molecular weight is 343 g/mol. The predicted octanol–water partition coefficient (Wildman–Crippen LogP) is 3.29. The monoisotopic (exact) mass is 342 g/mol. The SMILES string of the molecule is CCCNc1ncnc(NC2CC(OC)C2(C)C)c1Br. The third kappa shape index (κ3) is 2.91. The van der Waals surface area contributed by atoms with Crippen LogP contribution in [0.25, 0.3) is 0 Å². The maximum absolute atomic E-state index is 5.48. The molecule has 0 amide bonds. The van der Waals surface area contributed by atoms with Crippen LogP contribution in [0, 0.1) is 5.41 Å². The van der Waals surface area contributed by atoms with Crippen LogP contribution in [0.15, 0.2) is 10.8 Å². The minimum Gasteiger partial charge on any atom is -0.381 e. The molecule has 2 unspecified atom stereocenters. The van der Waals surface area contributed by atoms with Crippen LogP contribution >= 0.6 is 15.9 Å². The Morgan fingerprint density at radius 2 is 2.10 bits per heavy atom. The number of hydrogen-bond donors (Lipinski definition) is 2. The lowest BCUT2D eigenvalue weighted by atomic mass is 9.64.